The van der Waals surface area contributed by atoms with E-state index in [0.29, 0.717) is 5.84 Å². The fourth-order valence-electron chi connectivity index (χ4n) is 0.555. The van der Waals surface area contributed by atoms with Crippen molar-refractivity contribution in [3.05, 3.63) is 0 Å². The summed E-state index contributed by atoms with van der Waals surface area (Å²) >= 11 is 0. The molecule has 0 aliphatic rings. The number of carbonyl (C=O) groups is 1. The zero-order valence-corrected chi connectivity index (χ0v) is 7.96. The van der Waals surface area contributed by atoms with E-state index in [2.05, 4.69) is 10.5 Å². The second kappa shape index (κ2) is 4.74. The maximum absolute atomic E-state index is 11.1. The second-order valence-corrected chi connectivity index (χ2v) is 3.28. The third-order valence-electron chi connectivity index (χ3n) is 1.43. The number of amidine groups is 1. The Hall–Kier alpha value is -1.06. The summed E-state index contributed by atoms with van der Waals surface area (Å²) in [5.41, 5.74) is 0. The van der Waals surface area contributed by atoms with Gasteiger partial charge in [0, 0.05) is 11.8 Å². The highest BCUT2D eigenvalue weighted by atomic mass is 16.4. The summed E-state index contributed by atoms with van der Waals surface area (Å²) in [5.74, 6) is 0.114. The lowest BCUT2D eigenvalue weighted by atomic mass is 10.1. The Morgan fingerprint density at radius 2 is 1.75 bits per heavy atom. The van der Waals surface area contributed by atoms with Gasteiger partial charge in [0.15, 0.2) is 5.84 Å². The van der Waals surface area contributed by atoms with Crippen molar-refractivity contribution < 1.29 is 10.0 Å². The minimum absolute atomic E-state index is 0.0256. The van der Waals surface area contributed by atoms with Crippen LogP contribution in [0.25, 0.3) is 0 Å². The van der Waals surface area contributed by atoms with E-state index >= 15 is 0 Å². The van der Waals surface area contributed by atoms with E-state index in [9.17, 15) is 4.79 Å². The molecule has 2 N–H and O–H groups in total. The normalized spacial score (nSPS) is 12.3. The standard InChI is InChI=1S/C8H16N2O2/c1-5(2)7(10-12)9-8(11)6(3)4/h5-6,12H,1-4H3,(H,9,10,11). The van der Waals surface area contributed by atoms with Crippen LogP contribution in [-0.4, -0.2) is 17.0 Å². The summed E-state index contributed by atoms with van der Waals surface area (Å²) in [6.07, 6.45) is 0. The van der Waals surface area contributed by atoms with E-state index in [1.54, 1.807) is 13.8 Å². The van der Waals surface area contributed by atoms with Gasteiger partial charge in [0.05, 0.1) is 0 Å². The van der Waals surface area contributed by atoms with Crippen LogP contribution in [0.1, 0.15) is 27.7 Å². The number of oxime groups is 1. The van der Waals surface area contributed by atoms with Crippen LogP contribution in [0, 0.1) is 11.8 Å². The largest absolute Gasteiger partial charge is 0.409 e. The topological polar surface area (TPSA) is 61.7 Å². The Balaban J connectivity index is 4.15. The lowest BCUT2D eigenvalue weighted by molar-refractivity contribution is -0.122. The van der Waals surface area contributed by atoms with E-state index in [-0.39, 0.29) is 17.7 Å². The van der Waals surface area contributed by atoms with E-state index in [1.165, 1.54) is 0 Å². The highest BCUT2D eigenvalue weighted by Crippen LogP contribution is 1.96. The summed E-state index contributed by atoms with van der Waals surface area (Å²) in [6.45, 7) is 7.25. The molecule has 0 unspecified atom stereocenters. The minimum atomic E-state index is -0.128. The number of rotatable bonds is 2. The molecule has 0 aliphatic heterocycles. The van der Waals surface area contributed by atoms with Gasteiger partial charge in [0.2, 0.25) is 5.91 Å². The van der Waals surface area contributed by atoms with Gasteiger partial charge in [0.25, 0.3) is 0 Å². The number of nitrogens with zero attached hydrogens (tertiary/aromatic N) is 1. The predicted octanol–water partition coefficient (Wildman–Crippen LogP) is 1.20. The van der Waals surface area contributed by atoms with Crippen molar-refractivity contribution in [2.75, 3.05) is 0 Å². The molecule has 0 saturated carbocycles. The maximum Gasteiger partial charge on any atom is 0.227 e. The van der Waals surface area contributed by atoms with Gasteiger partial charge in [-0.15, -0.1) is 0 Å². The number of amides is 1. The molecule has 0 bridgehead atoms. The Bertz CT molecular complexity index is 185. The van der Waals surface area contributed by atoms with Gasteiger partial charge in [0.1, 0.15) is 0 Å². The molecule has 1 amide bonds. The van der Waals surface area contributed by atoms with E-state index in [4.69, 9.17) is 5.21 Å². The number of hydrogen-bond acceptors (Lipinski definition) is 3. The Morgan fingerprint density at radius 3 is 2.00 bits per heavy atom. The van der Waals surface area contributed by atoms with Crippen LogP contribution in [0.2, 0.25) is 0 Å². The second-order valence-electron chi connectivity index (χ2n) is 3.28. The van der Waals surface area contributed by atoms with E-state index < -0.39 is 0 Å². The van der Waals surface area contributed by atoms with Gasteiger partial charge in [-0.25, -0.2) is 0 Å². The quantitative estimate of drug-likeness (QED) is 0.284. The molecule has 4 nitrogen and oxygen atoms in total. The molecular formula is C8H16N2O2. The Kier molecular flexibility index (Phi) is 4.33. The van der Waals surface area contributed by atoms with Crippen LogP contribution in [0.15, 0.2) is 5.16 Å². The van der Waals surface area contributed by atoms with Crippen molar-refractivity contribution in [2.24, 2.45) is 17.0 Å². The first-order valence-corrected chi connectivity index (χ1v) is 4.01. The van der Waals surface area contributed by atoms with Crippen molar-refractivity contribution in [2.45, 2.75) is 27.7 Å². The van der Waals surface area contributed by atoms with Gasteiger partial charge in [-0.2, -0.15) is 0 Å². The third kappa shape index (κ3) is 3.37. The van der Waals surface area contributed by atoms with Gasteiger partial charge in [-0.05, 0) is 0 Å². The first-order chi connectivity index (χ1) is 5.49. The van der Waals surface area contributed by atoms with Gasteiger partial charge >= 0.3 is 0 Å². The van der Waals surface area contributed by atoms with Crippen LogP contribution >= 0.6 is 0 Å². The molecule has 0 spiro atoms. The van der Waals surface area contributed by atoms with Crippen molar-refractivity contribution in [1.29, 1.82) is 0 Å². The van der Waals surface area contributed by atoms with Gasteiger partial charge in [-0.3, -0.25) is 4.79 Å². The molecule has 0 radical (unpaired) electrons. The molecule has 0 aromatic heterocycles. The molecular weight excluding hydrogens is 156 g/mol. The van der Waals surface area contributed by atoms with Gasteiger partial charge in [-0.1, -0.05) is 32.9 Å². The molecule has 0 rings (SSSR count). The molecule has 0 heterocycles. The fourth-order valence-corrected chi connectivity index (χ4v) is 0.555. The zero-order chi connectivity index (χ0) is 9.72. The first kappa shape index (κ1) is 10.9. The lowest BCUT2D eigenvalue weighted by Crippen LogP contribution is -2.36. The van der Waals surface area contributed by atoms with Gasteiger partial charge < -0.3 is 10.5 Å². The molecule has 0 atom stereocenters. The SMILES string of the molecule is CC(C)C(=O)N/C(=N/O)C(C)C. The summed E-state index contributed by atoms with van der Waals surface area (Å²) in [7, 11) is 0. The van der Waals surface area contributed by atoms with E-state index in [0.717, 1.165) is 0 Å². The smallest absolute Gasteiger partial charge is 0.227 e. The summed E-state index contributed by atoms with van der Waals surface area (Å²) in [4.78, 5) is 11.1. The van der Waals surface area contributed by atoms with Crippen LogP contribution in [0.3, 0.4) is 0 Å². The third-order valence-corrected chi connectivity index (χ3v) is 1.43. The zero-order valence-electron chi connectivity index (χ0n) is 7.96. The Labute approximate surface area is 72.6 Å². The predicted molar refractivity (Wildman–Crippen MR) is 47.0 cm³/mol. The summed E-state index contributed by atoms with van der Waals surface area (Å²) in [6, 6.07) is 0. The van der Waals surface area contributed by atoms with Crippen LogP contribution in [-0.2, 0) is 4.79 Å². The average Bonchev–Trinajstić information content (AvgIpc) is 1.98. The van der Waals surface area contributed by atoms with Crippen LogP contribution in [0.4, 0.5) is 0 Å². The lowest BCUT2D eigenvalue weighted by Gasteiger charge is -2.11. The average molecular weight is 172 g/mol. The number of hydrogen-bond donors (Lipinski definition) is 2. The molecule has 4 heteroatoms. The number of nitrogens with one attached hydrogen (secondary N) is 1. The molecule has 0 aliphatic carbocycles. The summed E-state index contributed by atoms with van der Waals surface area (Å²) in [5, 5.41) is 14.0. The molecule has 0 aromatic carbocycles. The van der Waals surface area contributed by atoms with Crippen molar-refractivity contribution in [1.82, 2.24) is 5.32 Å². The molecule has 0 saturated heterocycles. The van der Waals surface area contributed by atoms with Crippen molar-refractivity contribution >= 4 is 11.7 Å². The fraction of sp³-hybridized carbons (Fsp3) is 0.750. The monoisotopic (exact) mass is 172 g/mol. The Morgan fingerprint density at radius 1 is 1.25 bits per heavy atom. The molecule has 0 fully saturated rings. The van der Waals surface area contributed by atoms with Crippen LogP contribution in [0.5, 0.6) is 0 Å². The highest BCUT2D eigenvalue weighted by Gasteiger charge is 2.12. The maximum atomic E-state index is 11.1. The summed E-state index contributed by atoms with van der Waals surface area (Å²) < 4.78 is 0. The first-order valence-electron chi connectivity index (χ1n) is 4.01. The van der Waals surface area contributed by atoms with Crippen molar-refractivity contribution in [3.63, 3.8) is 0 Å². The molecule has 12 heavy (non-hydrogen) atoms. The molecule has 70 valence electrons. The highest BCUT2D eigenvalue weighted by molar-refractivity contribution is 5.99. The van der Waals surface area contributed by atoms with Crippen LogP contribution < -0.4 is 5.32 Å². The van der Waals surface area contributed by atoms with E-state index in [1.807, 2.05) is 13.8 Å². The van der Waals surface area contributed by atoms with Crippen molar-refractivity contribution in [3.8, 4) is 0 Å². The number of carbonyl (C=O) groups excluding carboxylic acids is 1. The molecule has 0 aromatic rings. The minimum Gasteiger partial charge on any atom is -0.409 e.